The number of unbranched alkanes of at least 4 members (excludes halogenated alkanes) is 1. The molecule has 0 spiro atoms. The molecule has 2 aromatic carbocycles. The monoisotopic (exact) mass is 346 g/mol. The molecule has 0 fully saturated rings. The van der Waals surface area contributed by atoms with E-state index < -0.39 is 11.8 Å². The number of carbonyl (C=O) groups excluding carboxylic acids is 2. The van der Waals surface area contributed by atoms with Gasteiger partial charge in [-0.2, -0.15) is 0 Å². The predicted molar refractivity (Wildman–Crippen MR) is 93.2 cm³/mol. The van der Waals surface area contributed by atoms with Crippen LogP contribution < -0.4 is 15.6 Å². The summed E-state index contributed by atoms with van der Waals surface area (Å²) in [5.74, 6) is -0.214. The number of halogens is 1. The summed E-state index contributed by atoms with van der Waals surface area (Å²) in [6, 6.07) is 13.2. The third-order valence-corrected chi connectivity index (χ3v) is 3.51. The molecule has 0 saturated heterocycles. The lowest BCUT2D eigenvalue weighted by molar-refractivity contribution is 0.0846. The molecule has 0 saturated carbocycles. The van der Waals surface area contributed by atoms with Crippen LogP contribution in [-0.2, 0) is 0 Å². The van der Waals surface area contributed by atoms with Gasteiger partial charge in [0.1, 0.15) is 5.75 Å². The first-order chi connectivity index (χ1) is 11.6. The first kappa shape index (κ1) is 17.8. The Hall–Kier alpha value is -2.53. The Morgan fingerprint density at radius 3 is 2.33 bits per heavy atom. The van der Waals surface area contributed by atoms with E-state index in [0.29, 0.717) is 28.5 Å². The second kappa shape index (κ2) is 8.93. The molecule has 0 aromatic heterocycles. The topological polar surface area (TPSA) is 67.4 Å². The normalized spacial score (nSPS) is 10.1. The van der Waals surface area contributed by atoms with Crippen molar-refractivity contribution in [1.82, 2.24) is 10.9 Å². The Kier molecular flexibility index (Phi) is 6.63. The smallest absolute Gasteiger partial charge is 0.269 e. The molecule has 0 aliphatic rings. The SMILES string of the molecule is CCCCOc1cccc(C(=O)NNC(=O)c2ccc(Cl)cc2)c1. The van der Waals surface area contributed by atoms with Crippen molar-refractivity contribution in [2.75, 3.05) is 6.61 Å². The number of hydrazine groups is 1. The standard InChI is InChI=1S/C18H19ClN2O3/c1-2-3-11-24-16-6-4-5-14(12-16)18(23)21-20-17(22)13-7-9-15(19)10-8-13/h4-10,12H,2-3,11H2,1H3,(H,20,22)(H,21,23). The molecular weight excluding hydrogens is 328 g/mol. The van der Waals surface area contributed by atoms with Gasteiger partial charge in [-0.3, -0.25) is 20.4 Å². The van der Waals surface area contributed by atoms with E-state index in [1.54, 1.807) is 48.5 Å². The molecule has 0 aliphatic carbocycles. The molecule has 2 aromatic rings. The van der Waals surface area contributed by atoms with Gasteiger partial charge >= 0.3 is 0 Å². The quantitative estimate of drug-likeness (QED) is 0.620. The molecule has 0 aliphatic heterocycles. The number of benzene rings is 2. The summed E-state index contributed by atoms with van der Waals surface area (Å²) in [7, 11) is 0. The van der Waals surface area contributed by atoms with Crippen molar-refractivity contribution in [2.24, 2.45) is 0 Å². The fourth-order valence-corrected chi connectivity index (χ4v) is 2.05. The zero-order valence-electron chi connectivity index (χ0n) is 13.3. The van der Waals surface area contributed by atoms with Crippen LogP contribution in [0.3, 0.4) is 0 Å². The van der Waals surface area contributed by atoms with E-state index in [1.165, 1.54) is 0 Å². The van der Waals surface area contributed by atoms with Gasteiger partial charge in [0.05, 0.1) is 6.61 Å². The molecule has 2 N–H and O–H groups in total. The molecule has 0 bridgehead atoms. The van der Waals surface area contributed by atoms with Crippen LogP contribution in [0.4, 0.5) is 0 Å². The van der Waals surface area contributed by atoms with Crippen molar-refractivity contribution in [3.05, 3.63) is 64.7 Å². The van der Waals surface area contributed by atoms with Crippen LogP contribution in [0.25, 0.3) is 0 Å². The lowest BCUT2D eigenvalue weighted by atomic mass is 10.2. The summed E-state index contributed by atoms with van der Waals surface area (Å²) in [6.45, 7) is 2.69. The Morgan fingerprint density at radius 2 is 1.67 bits per heavy atom. The number of hydrogen-bond acceptors (Lipinski definition) is 3. The molecule has 0 unspecified atom stereocenters. The van der Waals surface area contributed by atoms with E-state index in [9.17, 15) is 9.59 Å². The van der Waals surface area contributed by atoms with Crippen LogP contribution in [0.1, 0.15) is 40.5 Å². The van der Waals surface area contributed by atoms with Gasteiger partial charge < -0.3 is 4.74 Å². The molecule has 24 heavy (non-hydrogen) atoms. The van der Waals surface area contributed by atoms with Gasteiger partial charge in [-0.1, -0.05) is 31.0 Å². The van der Waals surface area contributed by atoms with E-state index in [2.05, 4.69) is 17.8 Å². The van der Waals surface area contributed by atoms with Crippen LogP contribution in [0.2, 0.25) is 5.02 Å². The van der Waals surface area contributed by atoms with E-state index in [1.807, 2.05) is 0 Å². The molecule has 2 amide bonds. The number of hydrogen-bond donors (Lipinski definition) is 2. The highest BCUT2D eigenvalue weighted by Crippen LogP contribution is 2.14. The van der Waals surface area contributed by atoms with Crippen LogP contribution in [0, 0.1) is 0 Å². The highest BCUT2D eigenvalue weighted by atomic mass is 35.5. The third kappa shape index (κ3) is 5.28. The van der Waals surface area contributed by atoms with Crippen LogP contribution in [0.5, 0.6) is 5.75 Å². The lowest BCUT2D eigenvalue weighted by Gasteiger charge is -2.09. The molecule has 5 nitrogen and oxygen atoms in total. The Morgan fingerprint density at radius 1 is 1.00 bits per heavy atom. The maximum atomic E-state index is 12.1. The Balaban J connectivity index is 1.91. The average Bonchev–Trinajstić information content (AvgIpc) is 2.60. The molecule has 6 heteroatoms. The van der Waals surface area contributed by atoms with E-state index in [-0.39, 0.29) is 0 Å². The van der Waals surface area contributed by atoms with Crippen molar-refractivity contribution in [3.8, 4) is 5.75 Å². The molecular formula is C18H19ClN2O3. The van der Waals surface area contributed by atoms with E-state index in [4.69, 9.17) is 16.3 Å². The van der Waals surface area contributed by atoms with Gasteiger partial charge in [0.2, 0.25) is 0 Å². The average molecular weight is 347 g/mol. The van der Waals surface area contributed by atoms with Crippen LogP contribution >= 0.6 is 11.6 Å². The molecule has 0 heterocycles. The number of amides is 2. The largest absolute Gasteiger partial charge is 0.494 e. The van der Waals surface area contributed by atoms with Gasteiger partial charge in [0.15, 0.2) is 0 Å². The third-order valence-electron chi connectivity index (χ3n) is 3.26. The highest BCUT2D eigenvalue weighted by Gasteiger charge is 2.10. The summed E-state index contributed by atoms with van der Waals surface area (Å²) in [5.41, 5.74) is 5.55. The van der Waals surface area contributed by atoms with Crippen molar-refractivity contribution in [2.45, 2.75) is 19.8 Å². The summed E-state index contributed by atoms with van der Waals surface area (Å²) in [4.78, 5) is 24.1. The summed E-state index contributed by atoms with van der Waals surface area (Å²) >= 11 is 5.77. The van der Waals surface area contributed by atoms with Crippen molar-refractivity contribution >= 4 is 23.4 Å². The van der Waals surface area contributed by atoms with Gasteiger partial charge in [0, 0.05) is 16.1 Å². The lowest BCUT2D eigenvalue weighted by Crippen LogP contribution is -2.41. The second-order valence-corrected chi connectivity index (χ2v) is 5.58. The Bertz CT molecular complexity index is 702. The van der Waals surface area contributed by atoms with Gasteiger partial charge in [0.25, 0.3) is 11.8 Å². The zero-order chi connectivity index (χ0) is 17.4. The first-order valence-corrected chi connectivity index (χ1v) is 8.07. The van der Waals surface area contributed by atoms with E-state index >= 15 is 0 Å². The molecule has 0 radical (unpaired) electrons. The zero-order valence-corrected chi connectivity index (χ0v) is 14.1. The maximum absolute atomic E-state index is 12.1. The molecule has 2 rings (SSSR count). The highest BCUT2D eigenvalue weighted by molar-refractivity contribution is 6.30. The molecule has 126 valence electrons. The Labute approximate surface area is 145 Å². The van der Waals surface area contributed by atoms with Gasteiger partial charge in [-0.25, -0.2) is 0 Å². The van der Waals surface area contributed by atoms with Crippen molar-refractivity contribution < 1.29 is 14.3 Å². The summed E-state index contributed by atoms with van der Waals surface area (Å²) in [6.07, 6.45) is 1.99. The molecule has 0 atom stereocenters. The van der Waals surface area contributed by atoms with Gasteiger partial charge in [-0.05, 0) is 48.9 Å². The second-order valence-electron chi connectivity index (χ2n) is 5.14. The van der Waals surface area contributed by atoms with Crippen molar-refractivity contribution in [1.29, 1.82) is 0 Å². The summed E-state index contributed by atoms with van der Waals surface area (Å²) in [5, 5.41) is 0.537. The van der Waals surface area contributed by atoms with Crippen molar-refractivity contribution in [3.63, 3.8) is 0 Å². The minimum absolute atomic E-state index is 0.399. The number of ether oxygens (including phenoxy) is 1. The number of nitrogens with one attached hydrogen (secondary N) is 2. The minimum atomic E-state index is -0.421. The number of carbonyl (C=O) groups is 2. The minimum Gasteiger partial charge on any atom is -0.494 e. The fourth-order valence-electron chi connectivity index (χ4n) is 1.92. The van der Waals surface area contributed by atoms with Gasteiger partial charge in [-0.15, -0.1) is 0 Å². The first-order valence-electron chi connectivity index (χ1n) is 7.69. The maximum Gasteiger partial charge on any atom is 0.269 e. The number of rotatable bonds is 6. The predicted octanol–water partition coefficient (Wildman–Crippen LogP) is 3.59. The fraction of sp³-hybridized carbons (Fsp3) is 0.222. The summed E-state index contributed by atoms with van der Waals surface area (Å²) < 4.78 is 5.56. The van der Waals surface area contributed by atoms with Crippen LogP contribution in [-0.4, -0.2) is 18.4 Å². The van der Waals surface area contributed by atoms with Crippen LogP contribution in [0.15, 0.2) is 48.5 Å². The van der Waals surface area contributed by atoms with E-state index in [0.717, 1.165) is 12.8 Å².